The fourth-order valence-corrected chi connectivity index (χ4v) is 4.88. The molecule has 4 rings (SSSR count). The van der Waals surface area contributed by atoms with E-state index in [2.05, 4.69) is 64.6 Å². The lowest BCUT2D eigenvalue weighted by atomic mass is 9.97. The summed E-state index contributed by atoms with van der Waals surface area (Å²) in [5.74, 6) is 1.74. The molecule has 1 saturated heterocycles. The van der Waals surface area contributed by atoms with E-state index in [0.717, 1.165) is 62.8 Å². The van der Waals surface area contributed by atoms with Gasteiger partial charge in [-0.2, -0.15) is 0 Å². The van der Waals surface area contributed by atoms with Crippen LogP contribution in [0.5, 0.6) is 0 Å². The SMILES string of the molecule is CN(C)CCCOCC1CCN(c2ncnc3scc(-c4ccccc4)c23)CC1. The van der Waals surface area contributed by atoms with Crippen molar-refractivity contribution in [1.29, 1.82) is 0 Å². The van der Waals surface area contributed by atoms with Gasteiger partial charge >= 0.3 is 0 Å². The van der Waals surface area contributed by atoms with Gasteiger partial charge in [0.1, 0.15) is 17.0 Å². The van der Waals surface area contributed by atoms with Crippen LogP contribution < -0.4 is 4.90 Å². The van der Waals surface area contributed by atoms with Crippen LogP contribution in [-0.4, -0.2) is 61.8 Å². The van der Waals surface area contributed by atoms with E-state index in [4.69, 9.17) is 9.72 Å². The van der Waals surface area contributed by atoms with Crippen molar-refractivity contribution in [3.8, 4) is 11.1 Å². The predicted octanol–water partition coefficient (Wildman–Crippen LogP) is 4.54. The summed E-state index contributed by atoms with van der Waals surface area (Å²) in [7, 11) is 4.22. The Kier molecular flexibility index (Phi) is 6.74. The number of benzene rings is 1. The number of fused-ring (bicyclic) bond motifs is 1. The van der Waals surface area contributed by atoms with E-state index in [1.54, 1.807) is 17.7 Å². The molecule has 2 aromatic heterocycles. The van der Waals surface area contributed by atoms with E-state index in [-0.39, 0.29) is 0 Å². The molecule has 3 heterocycles. The van der Waals surface area contributed by atoms with Crippen molar-refractivity contribution < 1.29 is 4.74 Å². The van der Waals surface area contributed by atoms with Crippen molar-refractivity contribution in [2.45, 2.75) is 19.3 Å². The Morgan fingerprint density at radius 3 is 2.69 bits per heavy atom. The molecule has 1 aromatic carbocycles. The van der Waals surface area contributed by atoms with Gasteiger partial charge in [0.05, 0.1) is 5.39 Å². The minimum atomic E-state index is 0.652. The topological polar surface area (TPSA) is 41.5 Å². The molecule has 1 aliphatic rings. The largest absolute Gasteiger partial charge is 0.381 e. The van der Waals surface area contributed by atoms with Crippen molar-refractivity contribution >= 4 is 27.4 Å². The predicted molar refractivity (Wildman–Crippen MR) is 122 cm³/mol. The quantitative estimate of drug-likeness (QED) is 0.510. The molecule has 1 fully saturated rings. The third-order valence-corrected chi connectivity index (χ3v) is 6.48. The van der Waals surface area contributed by atoms with Crippen LogP contribution in [-0.2, 0) is 4.74 Å². The summed E-state index contributed by atoms with van der Waals surface area (Å²) in [4.78, 5) is 14.9. The number of ether oxygens (including phenoxy) is 1. The highest BCUT2D eigenvalue weighted by atomic mass is 32.1. The fraction of sp³-hybridized carbons (Fsp3) is 0.478. The van der Waals surface area contributed by atoms with Gasteiger partial charge in [-0.3, -0.25) is 0 Å². The van der Waals surface area contributed by atoms with Crippen molar-refractivity contribution in [2.24, 2.45) is 5.92 Å². The highest BCUT2D eigenvalue weighted by Crippen LogP contribution is 2.38. The van der Waals surface area contributed by atoms with Crippen LogP contribution in [0.3, 0.4) is 0 Å². The van der Waals surface area contributed by atoms with Crippen LogP contribution in [0.1, 0.15) is 19.3 Å². The molecule has 0 radical (unpaired) electrons. The average Bonchev–Trinajstić information content (AvgIpc) is 3.19. The molecule has 0 atom stereocenters. The van der Waals surface area contributed by atoms with Gasteiger partial charge in [0, 0.05) is 37.2 Å². The van der Waals surface area contributed by atoms with Crippen LogP contribution in [0, 0.1) is 5.92 Å². The molecule has 154 valence electrons. The molecule has 5 nitrogen and oxygen atoms in total. The summed E-state index contributed by atoms with van der Waals surface area (Å²) in [6.45, 7) is 4.89. The number of nitrogens with zero attached hydrogens (tertiary/aromatic N) is 4. The van der Waals surface area contributed by atoms with Crippen molar-refractivity contribution in [1.82, 2.24) is 14.9 Å². The van der Waals surface area contributed by atoms with Crippen molar-refractivity contribution in [3.05, 3.63) is 42.0 Å². The first-order chi connectivity index (χ1) is 14.2. The molecule has 29 heavy (non-hydrogen) atoms. The highest BCUT2D eigenvalue weighted by molar-refractivity contribution is 7.17. The highest BCUT2D eigenvalue weighted by Gasteiger charge is 2.23. The average molecular weight is 411 g/mol. The first-order valence-corrected chi connectivity index (χ1v) is 11.4. The number of anilines is 1. The summed E-state index contributed by atoms with van der Waals surface area (Å²) in [6.07, 6.45) is 5.13. The van der Waals surface area contributed by atoms with E-state index >= 15 is 0 Å². The molecule has 0 amide bonds. The lowest BCUT2D eigenvalue weighted by Crippen LogP contribution is -2.35. The summed E-state index contributed by atoms with van der Waals surface area (Å²) >= 11 is 1.70. The third-order valence-electron chi connectivity index (χ3n) is 5.60. The van der Waals surface area contributed by atoms with E-state index in [1.807, 2.05) is 0 Å². The Morgan fingerprint density at radius 1 is 1.14 bits per heavy atom. The van der Waals surface area contributed by atoms with Crippen LogP contribution in [0.15, 0.2) is 42.0 Å². The Hall–Kier alpha value is -2.02. The molecular formula is C23H30N4OS. The van der Waals surface area contributed by atoms with Crippen molar-refractivity contribution in [3.63, 3.8) is 0 Å². The van der Waals surface area contributed by atoms with Gasteiger partial charge in [0.2, 0.25) is 0 Å². The van der Waals surface area contributed by atoms with Gasteiger partial charge < -0.3 is 14.5 Å². The molecule has 3 aromatic rings. The first-order valence-electron chi connectivity index (χ1n) is 10.5. The van der Waals surface area contributed by atoms with Gasteiger partial charge in [0.25, 0.3) is 0 Å². The normalized spacial score (nSPS) is 15.5. The Bertz CT molecular complexity index is 904. The lowest BCUT2D eigenvalue weighted by Gasteiger charge is -2.33. The van der Waals surface area contributed by atoms with Gasteiger partial charge in [-0.25, -0.2) is 9.97 Å². The number of rotatable bonds is 8. The smallest absolute Gasteiger partial charge is 0.141 e. The van der Waals surface area contributed by atoms with Crippen LogP contribution >= 0.6 is 11.3 Å². The number of aromatic nitrogens is 2. The Morgan fingerprint density at radius 2 is 1.93 bits per heavy atom. The van der Waals surface area contributed by atoms with Gasteiger partial charge in [-0.05, 0) is 51.4 Å². The van der Waals surface area contributed by atoms with Crippen LogP contribution in [0.25, 0.3) is 21.3 Å². The second kappa shape index (κ2) is 9.65. The minimum Gasteiger partial charge on any atom is -0.381 e. The molecular weight excluding hydrogens is 380 g/mol. The summed E-state index contributed by atoms with van der Waals surface area (Å²) in [6, 6.07) is 10.6. The third kappa shape index (κ3) is 4.94. The fourth-order valence-electron chi connectivity index (χ4n) is 3.97. The molecule has 0 N–H and O–H groups in total. The number of hydrogen-bond donors (Lipinski definition) is 0. The van der Waals surface area contributed by atoms with Crippen LogP contribution in [0.2, 0.25) is 0 Å². The standard InChI is InChI=1S/C23H30N4OS/c1-26(2)11-6-14-28-15-18-9-12-27(13-10-18)22-21-20(19-7-4-3-5-8-19)16-29-23(21)25-17-24-22/h3-5,7-8,16-18H,6,9-15H2,1-2H3. The molecule has 0 aliphatic carbocycles. The molecule has 1 aliphatic heterocycles. The molecule has 0 saturated carbocycles. The van der Waals surface area contributed by atoms with Crippen LogP contribution in [0.4, 0.5) is 5.82 Å². The second-order valence-corrected chi connectivity index (χ2v) is 8.91. The van der Waals surface area contributed by atoms with Gasteiger partial charge in [-0.1, -0.05) is 30.3 Å². The summed E-state index contributed by atoms with van der Waals surface area (Å²) < 4.78 is 5.93. The number of hydrogen-bond acceptors (Lipinski definition) is 6. The maximum Gasteiger partial charge on any atom is 0.141 e. The van der Waals surface area contributed by atoms with Gasteiger partial charge in [-0.15, -0.1) is 11.3 Å². The second-order valence-electron chi connectivity index (χ2n) is 8.05. The first kappa shape index (κ1) is 20.3. The number of piperidine rings is 1. The van der Waals surface area contributed by atoms with E-state index < -0.39 is 0 Å². The zero-order chi connectivity index (χ0) is 20.1. The van der Waals surface area contributed by atoms with E-state index in [1.165, 1.54) is 16.5 Å². The van der Waals surface area contributed by atoms with E-state index in [0.29, 0.717) is 5.92 Å². The molecule has 0 spiro atoms. The van der Waals surface area contributed by atoms with E-state index in [9.17, 15) is 0 Å². The van der Waals surface area contributed by atoms with Gasteiger partial charge in [0.15, 0.2) is 0 Å². The minimum absolute atomic E-state index is 0.652. The summed E-state index contributed by atoms with van der Waals surface area (Å²) in [5.41, 5.74) is 2.48. The monoisotopic (exact) mass is 410 g/mol. The summed E-state index contributed by atoms with van der Waals surface area (Å²) in [5, 5.41) is 3.41. The zero-order valence-corrected chi connectivity index (χ0v) is 18.2. The molecule has 0 bridgehead atoms. The number of thiophene rings is 1. The maximum absolute atomic E-state index is 5.93. The van der Waals surface area contributed by atoms with Crippen molar-refractivity contribution in [2.75, 3.05) is 51.8 Å². The maximum atomic E-state index is 5.93. The molecule has 6 heteroatoms. The lowest BCUT2D eigenvalue weighted by molar-refractivity contribution is 0.0850. The molecule has 0 unspecified atom stereocenters. The zero-order valence-electron chi connectivity index (χ0n) is 17.4. The Balaban J connectivity index is 1.41. The Labute approximate surface area is 177 Å².